The molecule has 5 heteroatoms. The minimum absolute atomic E-state index is 0.204. The molecule has 1 heterocycles. The van der Waals surface area contributed by atoms with Crippen molar-refractivity contribution in [3.8, 4) is 0 Å². The lowest BCUT2D eigenvalue weighted by Crippen LogP contribution is -2.53. The van der Waals surface area contributed by atoms with Crippen LogP contribution in [0.5, 0.6) is 0 Å². The first-order valence-electron chi connectivity index (χ1n) is 7.83. The van der Waals surface area contributed by atoms with Crippen LogP contribution in [-0.4, -0.2) is 23.0 Å². The number of pyridine rings is 1. The first-order chi connectivity index (χ1) is 10.0. The van der Waals surface area contributed by atoms with Crippen LogP contribution in [-0.2, 0) is 12.8 Å². The van der Waals surface area contributed by atoms with E-state index in [2.05, 4.69) is 10.3 Å². The summed E-state index contributed by atoms with van der Waals surface area (Å²) in [5, 5.41) is 2.96. The van der Waals surface area contributed by atoms with E-state index in [1.807, 2.05) is 13.8 Å². The van der Waals surface area contributed by atoms with Crippen LogP contribution in [0.1, 0.15) is 61.1 Å². The topological polar surface area (TPSA) is 88.0 Å². The number of carbonyl (C=O) groups excluding carboxylic acids is 1. The molecule has 5 nitrogen and oxygen atoms in total. The molecule has 4 N–H and O–H groups in total. The van der Waals surface area contributed by atoms with Crippen molar-refractivity contribution >= 4 is 5.91 Å². The molecular weight excluding hydrogens is 266 g/mol. The molecule has 116 valence electrons. The highest BCUT2D eigenvalue weighted by molar-refractivity contribution is 5.94. The average Bonchev–Trinajstić information content (AvgIpc) is 2.52. The third-order valence-electron chi connectivity index (χ3n) is 4.71. The van der Waals surface area contributed by atoms with E-state index in [0.29, 0.717) is 6.54 Å². The van der Waals surface area contributed by atoms with Crippen molar-refractivity contribution in [2.45, 2.75) is 57.9 Å². The molecule has 0 radical (unpaired) electrons. The Kier molecular flexibility index (Phi) is 4.83. The van der Waals surface area contributed by atoms with Crippen LogP contribution in [0.15, 0.2) is 10.9 Å². The molecule has 0 aliphatic heterocycles. The molecule has 0 unspecified atom stereocenters. The van der Waals surface area contributed by atoms with Crippen molar-refractivity contribution in [1.29, 1.82) is 0 Å². The standard InChI is InChI=1S/C16H25N3O2/c1-3-16(4-2,10-17)19-15(21)12-9-11-7-5-6-8-13(11)18-14(12)20/h9H,3-8,10,17H2,1-2H3,(H,18,20)(H,19,21). The van der Waals surface area contributed by atoms with Gasteiger partial charge in [-0.05, 0) is 50.2 Å². The number of hydrogen-bond acceptors (Lipinski definition) is 3. The molecule has 1 aliphatic rings. The van der Waals surface area contributed by atoms with E-state index in [0.717, 1.165) is 49.8 Å². The fourth-order valence-corrected chi connectivity index (χ4v) is 2.92. The van der Waals surface area contributed by atoms with Gasteiger partial charge in [-0.15, -0.1) is 0 Å². The third-order valence-corrected chi connectivity index (χ3v) is 4.71. The van der Waals surface area contributed by atoms with E-state index in [1.165, 1.54) is 0 Å². The summed E-state index contributed by atoms with van der Waals surface area (Å²) in [6, 6.07) is 1.76. The van der Waals surface area contributed by atoms with Crippen molar-refractivity contribution in [2.75, 3.05) is 6.54 Å². The lowest BCUT2D eigenvalue weighted by molar-refractivity contribution is 0.0893. The molecule has 0 aromatic carbocycles. The number of aryl methyl sites for hydroxylation is 2. The van der Waals surface area contributed by atoms with Gasteiger partial charge in [0.2, 0.25) is 0 Å². The van der Waals surface area contributed by atoms with Crippen molar-refractivity contribution in [3.63, 3.8) is 0 Å². The van der Waals surface area contributed by atoms with E-state index in [9.17, 15) is 9.59 Å². The second kappa shape index (κ2) is 6.43. The maximum atomic E-state index is 12.5. The number of aromatic nitrogens is 1. The summed E-state index contributed by atoms with van der Waals surface area (Å²) < 4.78 is 0. The summed E-state index contributed by atoms with van der Waals surface area (Å²) in [5.41, 5.74) is 7.36. The smallest absolute Gasteiger partial charge is 0.261 e. The molecule has 2 rings (SSSR count). The SMILES string of the molecule is CCC(CC)(CN)NC(=O)c1cc2c([nH]c1=O)CCCC2. The normalized spacial score (nSPS) is 14.6. The molecule has 0 fully saturated rings. The van der Waals surface area contributed by atoms with Gasteiger partial charge in [-0.3, -0.25) is 9.59 Å². The number of aromatic amines is 1. The average molecular weight is 291 g/mol. The lowest BCUT2D eigenvalue weighted by atomic mass is 9.91. The van der Waals surface area contributed by atoms with Crippen LogP contribution < -0.4 is 16.6 Å². The van der Waals surface area contributed by atoms with E-state index < -0.39 is 5.54 Å². The molecular formula is C16H25N3O2. The van der Waals surface area contributed by atoms with Crippen molar-refractivity contribution in [2.24, 2.45) is 5.73 Å². The molecule has 21 heavy (non-hydrogen) atoms. The maximum Gasteiger partial charge on any atom is 0.261 e. The molecule has 0 spiro atoms. The number of hydrogen-bond donors (Lipinski definition) is 3. The summed E-state index contributed by atoms with van der Waals surface area (Å²) in [6.45, 7) is 4.36. The highest BCUT2D eigenvalue weighted by Crippen LogP contribution is 2.19. The number of rotatable bonds is 5. The fourth-order valence-electron chi connectivity index (χ4n) is 2.92. The molecule has 1 aromatic rings. The quantitative estimate of drug-likeness (QED) is 0.768. The highest BCUT2D eigenvalue weighted by Gasteiger charge is 2.28. The molecule has 1 amide bonds. The molecule has 1 aliphatic carbocycles. The zero-order valence-electron chi connectivity index (χ0n) is 12.9. The van der Waals surface area contributed by atoms with Crippen LogP contribution in [0.2, 0.25) is 0 Å². The molecule has 1 aromatic heterocycles. The summed E-state index contributed by atoms with van der Waals surface area (Å²) in [7, 11) is 0. The zero-order valence-corrected chi connectivity index (χ0v) is 12.9. The minimum Gasteiger partial charge on any atom is -0.345 e. The number of amides is 1. The Hall–Kier alpha value is -1.62. The Labute approximate surface area is 125 Å². The van der Waals surface area contributed by atoms with Gasteiger partial charge in [0.25, 0.3) is 11.5 Å². The van der Waals surface area contributed by atoms with Crippen LogP contribution in [0, 0.1) is 0 Å². The van der Waals surface area contributed by atoms with Crippen LogP contribution in [0.4, 0.5) is 0 Å². The predicted molar refractivity (Wildman–Crippen MR) is 83.5 cm³/mol. The summed E-state index contributed by atoms with van der Waals surface area (Å²) in [4.78, 5) is 27.5. The Bertz CT molecular complexity index is 565. The second-order valence-electron chi connectivity index (χ2n) is 5.87. The van der Waals surface area contributed by atoms with Crippen molar-refractivity contribution in [3.05, 3.63) is 33.2 Å². The Morgan fingerprint density at radius 3 is 2.62 bits per heavy atom. The number of nitrogens with one attached hydrogen (secondary N) is 2. The van der Waals surface area contributed by atoms with Gasteiger partial charge in [0.05, 0.1) is 5.54 Å². The first kappa shape index (κ1) is 15.8. The van der Waals surface area contributed by atoms with Gasteiger partial charge >= 0.3 is 0 Å². The number of fused-ring (bicyclic) bond motifs is 1. The Balaban J connectivity index is 2.29. The van der Waals surface area contributed by atoms with Gasteiger partial charge in [0.15, 0.2) is 0 Å². The fraction of sp³-hybridized carbons (Fsp3) is 0.625. The molecule has 0 bridgehead atoms. The third kappa shape index (κ3) is 3.18. The van der Waals surface area contributed by atoms with E-state index in [-0.39, 0.29) is 17.0 Å². The highest BCUT2D eigenvalue weighted by atomic mass is 16.2. The van der Waals surface area contributed by atoms with Gasteiger partial charge < -0.3 is 16.0 Å². The molecule has 0 atom stereocenters. The summed E-state index contributed by atoms with van der Waals surface area (Å²) in [6.07, 6.45) is 5.51. The number of nitrogens with two attached hydrogens (primary N) is 1. The molecule has 0 saturated carbocycles. The van der Waals surface area contributed by atoms with Gasteiger partial charge in [-0.25, -0.2) is 0 Å². The van der Waals surface area contributed by atoms with Gasteiger partial charge in [0, 0.05) is 12.2 Å². The van der Waals surface area contributed by atoms with E-state index in [4.69, 9.17) is 5.73 Å². The Morgan fingerprint density at radius 2 is 2.00 bits per heavy atom. The van der Waals surface area contributed by atoms with Gasteiger partial charge in [0.1, 0.15) is 5.56 Å². The summed E-state index contributed by atoms with van der Waals surface area (Å²) >= 11 is 0. The van der Waals surface area contributed by atoms with Gasteiger partial charge in [-0.1, -0.05) is 13.8 Å². The van der Waals surface area contributed by atoms with Crippen molar-refractivity contribution in [1.82, 2.24) is 10.3 Å². The zero-order chi connectivity index (χ0) is 15.5. The minimum atomic E-state index is -0.431. The molecule has 0 saturated heterocycles. The number of H-pyrrole nitrogens is 1. The summed E-state index contributed by atoms with van der Waals surface area (Å²) in [5.74, 6) is -0.321. The van der Waals surface area contributed by atoms with Crippen LogP contribution in [0.3, 0.4) is 0 Å². The monoisotopic (exact) mass is 291 g/mol. The lowest BCUT2D eigenvalue weighted by Gasteiger charge is -2.31. The Morgan fingerprint density at radius 1 is 1.33 bits per heavy atom. The van der Waals surface area contributed by atoms with Crippen LogP contribution >= 0.6 is 0 Å². The first-order valence-corrected chi connectivity index (χ1v) is 7.83. The van der Waals surface area contributed by atoms with Crippen LogP contribution in [0.25, 0.3) is 0 Å². The van der Waals surface area contributed by atoms with E-state index in [1.54, 1.807) is 6.07 Å². The largest absolute Gasteiger partial charge is 0.345 e. The van der Waals surface area contributed by atoms with Crippen molar-refractivity contribution < 1.29 is 4.79 Å². The maximum absolute atomic E-state index is 12.5. The second-order valence-corrected chi connectivity index (χ2v) is 5.87. The predicted octanol–water partition coefficient (Wildman–Crippen LogP) is 1.50. The van der Waals surface area contributed by atoms with Gasteiger partial charge in [-0.2, -0.15) is 0 Å². The number of carbonyl (C=O) groups is 1. The van der Waals surface area contributed by atoms with E-state index >= 15 is 0 Å².